The molecule has 2 aromatic carbocycles. The van der Waals surface area contributed by atoms with Crippen molar-refractivity contribution in [2.75, 3.05) is 0 Å². The summed E-state index contributed by atoms with van der Waals surface area (Å²) in [5.74, 6) is -0.856. The normalized spacial score (nSPS) is 11.5. The van der Waals surface area contributed by atoms with Gasteiger partial charge in [0.2, 0.25) is 0 Å². The van der Waals surface area contributed by atoms with E-state index in [-0.39, 0.29) is 21.8 Å². The maximum atomic E-state index is 12.6. The van der Waals surface area contributed by atoms with Crippen molar-refractivity contribution in [1.29, 1.82) is 0 Å². The number of hydrazone groups is 1. The smallest absolute Gasteiger partial charge is 0.267 e. The molecule has 1 N–H and O–H groups in total. The number of benzene rings is 2. The Labute approximate surface area is 144 Å². The van der Waals surface area contributed by atoms with E-state index in [1.54, 1.807) is 0 Å². The lowest BCUT2D eigenvalue weighted by atomic mass is 10.1. The summed E-state index contributed by atoms with van der Waals surface area (Å²) in [6.07, 6.45) is -3.46. The van der Waals surface area contributed by atoms with E-state index >= 15 is 0 Å². The zero-order valence-corrected chi connectivity index (χ0v) is 13.0. The first kappa shape index (κ1) is 18.4. The van der Waals surface area contributed by atoms with Gasteiger partial charge < -0.3 is 0 Å². The lowest BCUT2D eigenvalue weighted by Crippen LogP contribution is -2.18. The fourth-order valence-corrected chi connectivity index (χ4v) is 2.00. The molecule has 0 bridgehead atoms. The first-order valence-corrected chi connectivity index (χ1v) is 7.01. The summed E-state index contributed by atoms with van der Waals surface area (Å²) in [6, 6.07) is 7.69. The summed E-state index contributed by atoms with van der Waals surface area (Å²) in [6.45, 7) is 0. The van der Waals surface area contributed by atoms with Crippen LogP contribution >= 0.6 is 11.6 Å². The number of nitrogens with one attached hydrogen (secondary N) is 1. The molecular weight excluding hydrogens is 363 g/mol. The minimum Gasteiger partial charge on any atom is -0.267 e. The van der Waals surface area contributed by atoms with Crippen LogP contribution in [-0.2, 0) is 6.18 Å². The number of nitro groups is 1. The van der Waals surface area contributed by atoms with Gasteiger partial charge in [0.05, 0.1) is 16.7 Å². The van der Waals surface area contributed by atoms with Crippen molar-refractivity contribution in [1.82, 2.24) is 5.43 Å². The van der Waals surface area contributed by atoms with E-state index in [1.165, 1.54) is 18.2 Å². The van der Waals surface area contributed by atoms with E-state index in [4.69, 9.17) is 11.6 Å². The number of rotatable bonds is 4. The Morgan fingerprint density at radius 2 is 1.96 bits per heavy atom. The monoisotopic (exact) mass is 371 g/mol. The van der Waals surface area contributed by atoms with Crippen LogP contribution in [0.1, 0.15) is 21.5 Å². The van der Waals surface area contributed by atoms with Crippen molar-refractivity contribution in [2.24, 2.45) is 5.10 Å². The summed E-state index contributed by atoms with van der Waals surface area (Å²) in [5.41, 5.74) is 0.801. The highest BCUT2D eigenvalue weighted by atomic mass is 35.5. The van der Waals surface area contributed by atoms with Crippen molar-refractivity contribution in [2.45, 2.75) is 6.18 Å². The molecular formula is C15H9ClF3N3O3. The Balaban J connectivity index is 2.11. The number of nitro benzene ring substituents is 1. The summed E-state index contributed by atoms with van der Waals surface area (Å²) in [4.78, 5) is 21.9. The van der Waals surface area contributed by atoms with Crippen LogP contribution < -0.4 is 5.43 Å². The Kier molecular flexibility index (Phi) is 5.38. The predicted molar refractivity (Wildman–Crippen MR) is 84.6 cm³/mol. The van der Waals surface area contributed by atoms with Crippen molar-refractivity contribution < 1.29 is 22.9 Å². The van der Waals surface area contributed by atoms with Crippen LogP contribution in [0.5, 0.6) is 0 Å². The maximum Gasteiger partial charge on any atom is 0.416 e. The number of nitrogens with zero attached hydrogens (tertiary/aromatic N) is 2. The topological polar surface area (TPSA) is 84.6 Å². The highest BCUT2D eigenvalue weighted by Crippen LogP contribution is 2.29. The van der Waals surface area contributed by atoms with Gasteiger partial charge in [0.1, 0.15) is 5.02 Å². The zero-order chi connectivity index (χ0) is 18.6. The lowest BCUT2D eigenvalue weighted by molar-refractivity contribution is -0.384. The molecule has 1 amide bonds. The molecule has 25 heavy (non-hydrogen) atoms. The summed E-state index contributed by atoms with van der Waals surface area (Å²) in [7, 11) is 0. The van der Waals surface area contributed by atoms with E-state index < -0.39 is 22.6 Å². The maximum absolute atomic E-state index is 12.6. The fraction of sp³-hybridized carbons (Fsp3) is 0.0667. The standard InChI is InChI=1S/C15H9ClF3N3O3/c16-12-5-4-9(6-13(12)22(24)25)8-20-21-14(23)10-2-1-3-11(7-10)15(17,18)19/h1-8H,(H,21,23)/b20-8-. The van der Waals surface area contributed by atoms with Crippen LogP contribution in [0, 0.1) is 10.1 Å². The van der Waals surface area contributed by atoms with Gasteiger partial charge in [0.15, 0.2) is 0 Å². The third kappa shape index (κ3) is 4.77. The van der Waals surface area contributed by atoms with Crippen LogP contribution in [0.4, 0.5) is 18.9 Å². The van der Waals surface area contributed by atoms with E-state index in [2.05, 4.69) is 5.10 Å². The lowest BCUT2D eigenvalue weighted by Gasteiger charge is -2.07. The van der Waals surface area contributed by atoms with Gasteiger partial charge in [-0.1, -0.05) is 23.7 Å². The van der Waals surface area contributed by atoms with Crippen LogP contribution in [-0.4, -0.2) is 17.0 Å². The second kappa shape index (κ2) is 7.31. The van der Waals surface area contributed by atoms with Crippen molar-refractivity contribution >= 4 is 29.4 Å². The summed E-state index contributed by atoms with van der Waals surface area (Å²) in [5, 5.41) is 14.3. The minimum absolute atomic E-state index is 0.0600. The molecule has 0 fully saturated rings. The average Bonchev–Trinajstić information content (AvgIpc) is 2.55. The second-order valence-corrected chi connectivity index (χ2v) is 5.15. The number of halogens is 4. The Hall–Kier alpha value is -2.94. The molecule has 10 heteroatoms. The zero-order valence-electron chi connectivity index (χ0n) is 12.2. The molecule has 2 rings (SSSR count). The van der Waals surface area contributed by atoms with E-state index in [0.29, 0.717) is 6.07 Å². The molecule has 0 spiro atoms. The van der Waals surface area contributed by atoms with Gasteiger partial charge in [-0.2, -0.15) is 18.3 Å². The number of carbonyl (C=O) groups is 1. The van der Waals surface area contributed by atoms with Gasteiger partial charge in [-0.05, 0) is 24.3 Å². The van der Waals surface area contributed by atoms with E-state index in [0.717, 1.165) is 24.4 Å². The highest BCUT2D eigenvalue weighted by Gasteiger charge is 2.30. The van der Waals surface area contributed by atoms with E-state index in [1.807, 2.05) is 5.43 Å². The SMILES string of the molecule is O=C(N/N=C\c1ccc(Cl)c([N+](=O)[O-])c1)c1cccc(C(F)(F)F)c1. The molecule has 2 aromatic rings. The largest absolute Gasteiger partial charge is 0.416 e. The molecule has 130 valence electrons. The van der Waals surface area contributed by atoms with Crippen molar-refractivity contribution in [3.8, 4) is 0 Å². The van der Waals surface area contributed by atoms with Gasteiger partial charge in [-0.3, -0.25) is 14.9 Å². The van der Waals surface area contributed by atoms with Gasteiger partial charge >= 0.3 is 6.18 Å². The first-order valence-electron chi connectivity index (χ1n) is 6.63. The highest BCUT2D eigenvalue weighted by molar-refractivity contribution is 6.32. The fourth-order valence-electron chi connectivity index (χ4n) is 1.82. The number of alkyl halides is 3. The second-order valence-electron chi connectivity index (χ2n) is 4.75. The Morgan fingerprint density at radius 1 is 1.24 bits per heavy atom. The number of hydrogen-bond donors (Lipinski definition) is 1. The minimum atomic E-state index is -4.57. The van der Waals surface area contributed by atoms with Crippen LogP contribution in [0.2, 0.25) is 5.02 Å². The molecule has 0 saturated carbocycles. The van der Waals surface area contributed by atoms with Gasteiger partial charge in [0.25, 0.3) is 11.6 Å². The summed E-state index contributed by atoms with van der Waals surface area (Å²) < 4.78 is 37.8. The van der Waals surface area contributed by atoms with Gasteiger partial charge in [0, 0.05) is 17.2 Å². The first-order chi connectivity index (χ1) is 11.7. The van der Waals surface area contributed by atoms with Crippen LogP contribution in [0.3, 0.4) is 0 Å². The van der Waals surface area contributed by atoms with Crippen molar-refractivity contribution in [3.05, 3.63) is 74.3 Å². The molecule has 0 aliphatic heterocycles. The van der Waals surface area contributed by atoms with Crippen LogP contribution in [0.25, 0.3) is 0 Å². The molecule has 0 aliphatic carbocycles. The number of amides is 1. The Morgan fingerprint density at radius 3 is 2.60 bits per heavy atom. The molecule has 6 nitrogen and oxygen atoms in total. The number of carbonyl (C=O) groups excluding carboxylic acids is 1. The van der Waals surface area contributed by atoms with Crippen LogP contribution in [0.15, 0.2) is 47.6 Å². The third-order valence-electron chi connectivity index (χ3n) is 3.00. The molecule has 0 radical (unpaired) electrons. The summed E-state index contributed by atoms with van der Waals surface area (Å²) >= 11 is 5.66. The van der Waals surface area contributed by atoms with Gasteiger partial charge in [-0.15, -0.1) is 0 Å². The molecule has 0 saturated heterocycles. The predicted octanol–water partition coefficient (Wildman–Crippen LogP) is 4.03. The third-order valence-corrected chi connectivity index (χ3v) is 3.32. The molecule has 0 unspecified atom stereocenters. The average molecular weight is 372 g/mol. The number of hydrogen-bond acceptors (Lipinski definition) is 4. The molecule has 0 heterocycles. The Bertz CT molecular complexity index is 853. The van der Waals surface area contributed by atoms with Gasteiger partial charge in [-0.25, -0.2) is 5.43 Å². The van der Waals surface area contributed by atoms with E-state index in [9.17, 15) is 28.1 Å². The van der Waals surface area contributed by atoms with Crippen molar-refractivity contribution in [3.63, 3.8) is 0 Å². The molecule has 0 atom stereocenters. The quantitative estimate of drug-likeness (QED) is 0.500. The molecule has 0 aliphatic rings. The molecule has 0 aromatic heterocycles.